The third kappa shape index (κ3) is 4.35. The average Bonchev–Trinajstić information content (AvgIpc) is 2.93. The number of hydrazone groups is 1. The Kier molecular flexibility index (Phi) is 5.35. The van der Waals surface area contributed by atoms with Crippen LogP contribution >= 0.6 is 0 Å². The van der Waals surface area contributed by atoms with Crippen molar-refractivity contribution in [2.24, 2.45) is 10.1 Å². The van der Waals surface area contributed by atoms with E-state index in [0.717, 1.165) is 17.7 Å². The van der Waals surface area contributed by atoms with Crippen molar-refractivity contribution < 1.29 is 17.6 Å². The lowest BCUT2D eigenvalue weighted by atomic mass is 9.94. The Balaban J connectivity index is 1.88. The van der Waals surface area contributed by atoms with E-state index in [0.29, 0.717) is 33.9 Å². The highest BCUT2D eigenvalue weighted by Crippen LogP contribution is 2.33. The van der Waals surface area contributed by atoms with E-state index in [1.165, 1.54) is 18.2 Å². The predicted molar refractivity (Wildman–Crippen MR) is 113 cm³/mol. The van der Waals surface area contributed by atoms with Gasteiger partial charge in [-0.2, -0.15) is 18.3 Å². The van der Waals surface area contributed by atoms with Crippen LogP contribution in [0.4, 0.5) is 23.2 Å². The van der Waals surface area contributed by atoms with E-state index in [4.69, 9.17) is 0 Å². The molecule has 0 radical (unpaired) electrons. The number of halogens is 4. The van der Waals surface area contributed by atoms with Gasteiger partial charge in [0.05, 0.1) is 17.0 Å². The van der Waals surface area contributed by atoms with Gasteiger partial charge in [0.1, 0.15) is 5.82 Å². The number of aliphatic imine (C=N–C) groups is 1. The van der Waals surface area contributed by atoms with E-state index in [9.17, 15) is 17.6 Å². The van der Waals surface area contributed by atoms with E-state index >= 15 is 0 Å². The summed E-state index contributed by atoms with van der Waals surface area (Å²) in [6.45, 7) is 4.07. The van der Waals surface area contributed by atoms with Gasteiger partial charge in [0.15, 0.2) is 5.84 Å². The highest BCUT2D eigenvalue weighted by molar-refractivity contribution is 6.18. The average molecular weight is 425 g/mol. The monoisotopic (exact) mass is 425 g/mol. The molecule has 158 valence electrons. The molecule has 1 aliphatic heterocycles. The topological polar surface area (TPSA) is 36.8 Å². The van der Waals surface area contributed by atoms with Crippen LogP contribution in [0.2, 0.25) is 0 Å². The lowest BCUT2D eigenvalue weighted by molar-refractivity contribution is -0.137. The minimum absolute atomic E-state index is 0.213. The maximum absolute atomic E-state index is 13.3. The number of alkyl halides is 3. The van der Waals surface area contributed by atoms with Gasteiger partial charge in [-0.05, 0) is 60.0 Å². The summed E-state index contributed by atoms with van der Waals surface area (Å²) in [4.78, 5) is 4.63. The van der Waals surface area contributed by atoms with Crippen LogP contribution < -0.4 is 5.43 Å². The fourth-order valence-corrected chi connectivity index (χ4v) is 3.31. The van der Waals surface area contributed by atoms with E-state index in [1.807, 2.05) is 32.0 Å². The number of rotatable bonds is 3. The van der Waals surface area contributed by atoms with Crippen molar-refractivity contribution in [3.8, 4) is 0 Å². The highest BCUT2D eigenvalue weighted by Gasteiger charge is 2.31. The Hall–Kier alpha value is -3.48. The van der Waals surface area contributed by atoms with E-state index in [1.54, 1.807) is 18.2 Å². The van der Waals surface area contributed by atoms with Gasteiger partial charge in [0.2, 0.25) is 0 Å². The van der Waals surface area contributed by atoms with Gasteiger partial charge >= 0.3 is 6.18 Å². The summed E-state index contributed by atoms with van der Waals surface area (Å²) in [5.74, 6) is 0.207. The first-order valence-corrected chi connectivity index (χ1v) is 9.72. The molecule has 3 aromatic rings. The van der Waals surface area contributed by atoms with Crippen LogP contribution in [0.1, 0.15) is 47.6 Å². The molecule has 7 heteroatoms. The molecule has 0 fully saturated rings. The molecule has 4 rings (SSSR count). The Labute approximate surface area is 177 Å². The minimum Gasteiger partial charge on any atom is -0.260 e. The van der Waals surface area contributed by atoms with E-state index in [-0.39, 0.29) is 11.7 Å². The highest BCUT2D eigenvalue weighted by atomic mass is 19.4. The quantitative estimate of drug-likeness (QED) is 0.484. The fourth-order valence-electron chi connectivity index (χ4n) is 3.31. The Morgan fingerprint density at radius 1 is 0.871 bits per heavy atom. The first kappa shape index (κ1) is 20.8. The molecule has 0 bridgehead atoms. The summed E-state index contributed by atoms with van der Waals surface area (Å²) in [6.07, 6.45) is -4.47. The summed E-state index contributed by atoms with van der Waals surface area (Å²) in [6, 6.07) is 16.5. The molecule has 0 atom stereocenters. The number of nitrogens with zero attached hydrogens (tertiary/aromatic N) is 2. The summed E-state index contributed by atoms with van der Waals surface area (Å²) in [7, 11) is 0. The Bertz CT molecular complexity index is 1180. The first-order valence-electron chi connectivity index (χ1n) is 9.72. The molecule has 3 aromatic carbocycles. The first-order chi connectivity index (χ1) is 14.7. The smallest absolute Gasteiger partial charge is 0.260 e. The molecular weight excluding hydrogens is 406 g/mol. The molecule has 0 unspecified atom stereocenters. The zero-order chi connectivity index (χ0) is 22.2. The van der Waals surface area contributed by atoms with Gasteiger partial charge in [-0.15, -0.1) is 0 Å². The molecule has 1 heterocycles. The number of hydrogen-bond donors (Lipinski definition) is 1. The maximum atomic E-state index is 13.3. The van der Waals surface area contributed by atoms with Crippen molar-refractivity contribution >= 4 is 17.2 Å². The standard InChI is InChI=1S/C24H19F4N3/c1-14(2)16-8-11-21-20(13-16)22(17-4-3-5-18(12-17)24(26,27)28)30-31-23(29-21)15-6-9-19(25)10-7-15/h3-14H,1-2H3,(H,29,31). The van der Waals surface area contributed by atoms with Gasteiger partial charge in [-0.3, -0.25) is 5.43 Å². The summed E-state index contributed by atoms with van der Waals surface area (Å²) in [5, 5.41) is 4.41. The van der Waals surface area contributed by atoms with Crippen molar-refractivity contribution in [2.75, 3.05) is 0 Å². The van der Waals surface area contributed by atoms with Gasteiger partial charge in [0, 0.05) is 16.7 Å². The number of fused-ring (bicyclic) bond motifs is 1. The second kappa shape index (κ2) is 7.98. The van der Waals surface area contributed by atoms with Gasteiger partial charge in [0.25, 0.3) is 0 Å². The summed E-state index contributed by atoms with van der Waals surface area (Å²) < 4.78 is 53.2. The van der Waals surface area contributed by atoms with Crippen molar-refractivity contribution in [2.45, 2.75) is 25.9 Å². The van der Waals surface area contributed by atoms with Crippen LogP contribution in [-0.2, 0) is 6.18 Å². The zero-order valence-electron chi connectivity index (χ0n) is 16.8. The number of nitrogens with one attached hydrogen (secondary N) is 1. The van der Waals surface area contributed by atoms with E-state index < -0.39 is 11.7 Å². The number of hydrogen-bond acceptors (Lipinski definition) is 3. The largest absolute Gasteiger partial charge is 0.416 e. The molecule has 3 nitrogen and oxygen atoms in total. The Morgan fingerprint density at radius 3 is 2.29 bits per heavy atom. The second-order valence-electron chi connectivity index (χ2n) is 7.55. The lowest BCUT2D eigenvalue weighted by Crippen LogP contribution is -2.20. The van der Waals surface area contributed by atoms with Gasteiger partial charge in [-0.1, -0.05) is 32.0 Å². The van der Waals surface area contributed by atoms with Crippen molar-refractivity contribution in [1.29, 1.82) is 0 Å². The normalized spacial score (nSPS) is 13.8. The molecule has 0 aromatic heterocycles. The molecule has 0 aliphatic carbocycles. The third-order valence-electron chi connectivity index (χ3n) is 5.03. The molecular formula is C24H19F4N3. The van der Waals surface area contributed by atoms with Crippen LogP contribution in [0.3, 0.4) is 0 Å². The SMILES string of the molecule is CC(C)c1ccc2c(c1)C(c1cccc(C(F)(F)F)c1)=NNC(c1ccc(F)cc1)=N2. The van der Waals surface area contributed by atoms with Crippen LogP contribution in [0, 0.1) is 5.82 Å². The van der Waals surface area contributed by atoms with Crippen molar-refractivity contribution in [3.05, 3.63) is 100 Å². The van der Waals surface area contributed by atoms with Crippen LogP contribution in [0.15, 0.2) is 76.8 Å². The van der Waals surface area contributed by atoms with Crippen LogP contribution in [-0.4, -0.2) is 11.5 Å². The van der Waals surface area contributed by atoms with Gasteiger partial charge < -0.3 is 0 Å². The second-order valence-corrected chi connectivity index (χ2v) is 7.55. The Morgan fingerprint density at radius 2 is 1.61 bits per heavy atom. The fraction of sp³-hybridized carbons (Fsp3) is 0.167. The minimum atomic E-state index is -4.47. The predicted octanol–water partition coefficient (Wildman–Crippen LogP) is 6.40. The molecule has 1 N–H and O–H groups in total. The lowest BCUT2D eigenvalue weighted by Gasteiger charge is -2.13. The van der Waals surface area contributed by atoms with Crippen LogP contribution in [0.25, 0.3) is 0 Å². The van der Waals surface area contributed by atoms with Gasteiger partial charge in [-0.25, -0.2) is 9.38 Å². The zero-order valence-corrected chi connectivity index (χ0v) is 16.8. The molecule has 1 aliphatic rings. The number of amidine groups is 1. The molecule has 31 heavy (non-hydrogen) atoms. The van der Waals surface area contributed by atoms with E-state index in [2.05, 4.69) is 15.5 Å². The maximum Gasteiger partial charge on any atom is 0.416 e. The summed E-state index contributed by atoms with van der Waals surface area (Å²) >= 11 is 0. The van der Waals surface area contributed by atoms with Crippen molar-refractivity contribution in [3.63, 3.8) is 0 Å². The third-order valence-corrected chi connectivity index (χ3v) is 5.03. The van der Waals surface area contributed by atoms with Crippen LogP contribution in [0.5, 0.6) is 0 Å². The molecule has 0 spiro atoms. The molecule has 0 saturated carbocycles. The molecule has 0 saturated heterocycles. The van der Waals surface area contributed by atoms with Crippen molar-refractivity contribution in [1.82, 2.24) is 5.43 Å². The summed E-state index contributed by atoms with van der Waals surface area (Å²) in [5.41, 5.74) is 5.57. The number of benzene rings is 3. The molecule has 0 amide bonds.